The molecule has 20 heavy (non-hydrogen) atoms. The van der Waals surface area contributed by atoms with Crippen molar-refractivity contribution in [2.75, 3.05) is 19.6 Å². The van der Waals surface area contributed by atoms with Crippen LogP contribution in [-0.2, 0) is 4.79 Å². The van der Waals surface area contributed by atoms with Crippen molar-refractivity contribution in [1.82, 2.24) is 15.5 Å². The van der Waals surface area contributed by atoms with Crippen molar-refractivity contribution in [3.05, 3.63) is 0 Å². The van der Waals surface area contributed by atoms with Crippen LogP contribution in [0, 0.1) is 11.8 Å². The van der Waals surface area contributed by atoms with Crippen LogP contribution in [0.2, 0.25) is 0 Å². The molecule has 0 aromatic carbocycles. The van der Waals surface area contributed by atoms with Crippen molar-refractivity contribution >= 4 is 5.91 Å². The zero-order chi connectivity index (χ0) is 14.1. The number of rotatable bonds is 4. The largest absolute Gasteiger partial charge is 0.352 e. The first-order valence-electron chi connectivity index (χ1n) is 8.40. The SMILES string of the molecule is CC(C)N1CC2CCCC(C1)C2NCC1CCC(=O)N1. The molecule has 3 fully saturated rings. The summed E-state index contributed by atoms with van der Waals surface area (Å²) in [5.41, 5.74) is 0. The highest BCUT2D eigenvalue weighted by Crippen LogP contribution is 2.35. The minimum atomic E-state index is 0.228. The van der Waals surface area contributed by atoms with Gasteiger partial charge in [-0.05, 0) is 44.9 Å². The summed E-state index contributed by atoms with van der Waals surface area (Å²) in [6.07, 6.45) is 5.86. The minimum Gasteiger partial charge on any atom is -0.352 e. The molecule has 2 N–H and O–H groups in total. The fourth-order valence-corrected chi connectivity index (χ4v) is 4.34. The van der Waals surface area contributed by atoms with Crippen LogP contribution < -0.4 is 10.6 Å². The number of fused-ring (bicyclic) bond motifs is 2. The highest BCUT2D eigenvalue weighted by atomic mass is 16.1. The maximum Gasteiger partial charge on any atom is 0.220 e. The zero-order valence-electron chi connectivity index (χ0n) is 12.9. The quantitative estimate of drug-likeness (QED) is 0.817. The van der Waals surface area contributed by atoms with Gasteiger partial charge in [0.2, 0.25) is 5.91 Å². The summed E-state index contributed by atoms with van der Waals surface area (Å²) in [6.45, 7) is 8.10. The van der Waals surface area contributed by atoms with Gasteiger partial charge in [0.1, 0.15) is 0 Å². The van der Waals surface area contributed by atoms with Crippen LogP contribution >= 0.6 is 0 Å². The van der Waals surface area contributed by atoms with E-state index >= 15 is 0 Å². The Morgan fingerprint density at radius 1 is 1.25 bits per heavy atom. The fraction of sp³-hybridized carbons (Fsp3) is 0.938. The predicted octanol–water partition coefficient (Wildman–Crippen LogP) is 1.36. The van der Waals surface area contributed by atoms with Gasteiger partial charge >= 0.3 is 0 Å². The lowest BCUT2D eigenvalue weighted by Gasteiger charge is -2.49. The number of likely N-dealkylation sites (tertiary alicyclic amines) is 1. The van der Waals surface area contributed by atoms with Crippen LogP contribution in [0.3, 0.4) is 0 Å². The molecule has 4 heteroatoms. The molecule has 1 saturated carbocycles. The highest BCUT2D eigenvalue weighted by molar-refractivity contribution is 5.78. The molecule has 2 saturated heterocycles. The second-order valence-corrected chi connectivity index (χ2v) is 7.24. The van der Waals surface area contributed by atoms with E-state index < -0.39 is 0 Å². The van der Waals surface area contributed by atoms with Gasteiger partial charge in [0.05, 0.1) is 0 Å². The molecule has 3 aliphatic rings. The smallest absolute Gasteiger partial charge is 0.220 e. The molecule has 1 amide bonds. The first-order valence-corrected chi connectivity index (χ1v) is 8.40. The Bertz CT molecular complexity index is 344. The number of carbonyl (C=O) groups is 1. The summed E-state index contributed by atoms with van der Waals surface area (Å²) in [5.74, 6) is 1.84. The van der Waals surface area contributed by atoms with E-state index in [-0.39, 0.29) is 5.91 Å². The summed E-state index contributed by atoms with van der Waals surface area (Å²) < 4.78 is 0. The Morgan fingerprint density at radius 2 is 1.95 bits per heavy atom. The van der Waals surface area contributed by atoms with E-state index in [1.165, 1.54) is 32.4 Å². The lowest BCUT2D eigenvalue weighted by atomic mass is 9.73. The van der Waals surface area contributed by atoms with E-state index in [2.05, 4.69) is 29.4 Å². The summed E-state index contributed by atoms with van der Waals surface area (Å²) in [5, 5.41) is 6.88. The average molecular weight is 279 g/mol. The van der Waals surface area contributed by atoms with Gasteiger partial charge in [0.25, 0.3) is 0 Å². The van der Waals surface area contributed by atoms with Crippen LogP contribution in [0.15, 0.2) is 0 Å². The number of hydrogen-bond acceptors (Lipinski definition) is 3. The van der Waals surface area contributed by atoms with Gasteiger partial charge in [0.15, 0.2) is 0 Å². The van der Waals surface area contributed by atoms with E-state index in [0.717, 1.165) is 24.8 Å². The molecular weight excluding hydrogens is 250 g/mol. The molecule has 2 heterocycles. The van der Waals surface area contributed by atoms with E-state index in [0.29, 0.717) is 24.5 Å². The number of hydrogen-bond donors (Lipinski definition) is 2. The third kappa shape index (κ3) is 3.01. The van der Waals surface area contributed by atoms with Crippen LogP contribution in [0.4, 0.5) is 0 Å². The minimum absolute atomic E-state index is 0.228. The molecule has 2 bridgehead atoms. The summed E-state index contributed by atoms with van der Waals surface area (Å²) in [7, 11) is 0. The van der Waals surface area contributed by atoms with Crippen LogP contribution in [0.1, 0.15) is 46.0 Å². The topological polar surface area (TPSA) is 44.4 Å². The molecule has 0 spiro atoms. The molecule has 4 nitrogen and oxygen atoms in total. The molecule has 0 radical (unpaired) electrons. The number of piperidine rings is 1. The van der Waals surface area contributed by atoms with Gasteiger partial charge < -0.3 is 15.5 Å². The first kappa shape index (κ1) is 14.3. The molecule has 114 valence electrons. The molecule has 1 aliphatic carbocycles. The standard InChI is InChI=1S/C16H29N3O/c1-11(2)19-9-12-4-3-5-13(10-19)16(12)17-8-14-6-7-15(20)18-14/h11-14,16-17H,3-10H2,1-2H3,(H,18,20). The Balaban J connectivity index is 1.55. The number of nitrogens with one attached hydrogen (secondary N) is 2. The van der Waals surface area contributed by atoms with Crippen LogP contribution in [-0.4, -0.2) is 48.6 Å². The number of carbonyl (C=O) groups excluding carboxylic acids is 1. The monoisotopic (exact) mass is 279 g/mol. The summed E-state index contributed by atoms with van der Waals surface area (Å²) >= 11 is 0. The first-order chi connectivity index (χ1) is 9.63. The van der Waals surface area contributed by atoms with Gasteiger partial charge in [-0.15, -0.1) is 0 Å². The Hall–Kier alpha value is -0.610. The Labute approximate surface area is 122 Å². The number of amides is 1. The Kier molecular flexibility index (Phi) is 4.32. The maximum atomic E-state index is 11.3. The van der Waals surface area contributed by atoms with Gasteiger partial charge in [-0.25, -0.2) is 0 Å². The van der Waals surface area contributed by atoms with Gasteiger partial charge in [-0.3, -0.25) is 4.79 Å². The fourth-order valence-electron chi connectivity index (χ4n) is 4.34. The molecule has 3 unspecified atom stereocenters. The molecule has 0 aromatic rings. The van der Waals surface area contributed by atoms with E-state index in [9.17, 15) is 4.79 Å². The van der Waals surface area contributed by atoms with Gasteiger partial charge in [-0.2, -0.15) is 0 Å². The third-order valence-corrected chi connectivity index (χ3v) is 5.52. The molecular formula is C16H29N3O. The van der Waals surface area contributed by atoms with Crippen LogP contribution in [0.5, 0.6) is 0 Å². The van der Waals surface area contributed by atoms with Gasteiger partial charge in [0, 0.05) is 44.2 Å². The maximum absolute atomic E-state index is 11.3. The second kappa shape index (κ2) is 6.02. The summed E-state index contributed by atoms with van der Waals surface area (Å²) in [6, 6.07) is 1.72. The van der Waals surface area contributed by atoms with Crippen molar-refractivity contribution in [2.45, 2.75) is 64.1 Å². The molecule has 3 rings (SSSR count). The highest BCUT2D eigenvalue weighted by Gasteiger charge is 2.40. The van der Waals surface area contributed by atoms with Gasteiger partial charge in [-0.1, -0.05) is 6.42 Å². The predicted molar refractivity (Wildman–Crippen MR) is 80.5 cm³/mol. The molecule has 0 aromatic heterocycles. The lowest BCUT2D eigenvalue weighted by molar-refractivity contribution is -0.119. The van der Waals surface area contributed by atoms with E-state index in [4.69, 9.17) is 0 Å². The third-order valence-electron chi connectivity index (χ3n) is 5.52. The Morgan fingerprint density at radius 3 is 2.50 bits per heavy atom. The van der Waals surface area contributed by atoms with Crippen molar-refractivity contribution in [3.63, 3.8) is 0 Å². The molecule has 3 atom stereocenters. The lowest BCUT2D eigenvalue weighted by Crippen LogP contribution is -2.59. The zero-order valence-corrected chi connectivity index (χ0v) is 12.9. The average Bonchev–Trinajstić information content (AvgIpc) is 2.81. The van der Waals surface area contributed by atoms with Crippen LogP contribution in [0.25, 0.3) is 0 Å². The van der Waals surface area contributed by atoms with Crippen molar-refractivity contribution in [2.24, 2.45) is 11.8 Å². The van der Waals surface area contributed by atoms with E-state index in [1.54, 1.807) is 0 Å². The normalized spacial score (nSPS) is 38.2. The number of nitrogens with zero attached hydrogens (tertiary/aromatic N) is 1. The van der Waals surface area contributed by atoms with Crippen molar-refractivity contribution < 1.29 is 4.79 Å². The van der Waals surface area contributed by atoms with E-state index in [1.807, 2.05) is 0 Å². The molecule has 2 aliphatic heterocycles. The summed E-state index contributed by atoms with van der Waals surface area (Å²) in [4.78, 5) is 13.9. The van der Waals surface area contributed by atoms with Crippen molar-refractivity contribution in [1.29, 1.82) is 0 Å². The van der Waals surface area contributed by atoms with Crippen molar-refractivity contribution in [3.8, 4) is 0 Å². The second-order valence-electron chi connectivity index (χ2n) is 7.24.